The number of aliphatic imine (C=N–C) groups is 1. The summed E-state index contributed by atoms with van der Waals surface area (Å²) in [5.41, 5.74) is -0.872. The van der Waals surface area contributed by atoms with E-state index in [9.17, 15) is 13.2 Å². The van der Waals surface area contributed by atoms with Crippen molar-refractivity contribution in [2.75, 3.05) is 45.9 Å². The standard InChI is InChI=1S/C19H26F3N5O2S.HI/c20-19(21,22)16-14-30-17(26-16)13-25-18(24-6-4-15-3-1-10-29-15)23-5-2-7-27-8-11-28-12-9-27;/h1,3,10,14H,2,4-9,11-13H2,(H2,23,24,25);1H. The van der Waals surface area contributed by atoms with E-state index in [4.69, 9.17) is 9.15 Å². The van der Waals surface area contributed by atoms with Gasteiger partial charge >= 0.3 is 6.18 Å². The van der Waals surface area contributed by atoms with Crippen LogP contribution >= 0.6 is 35.3 Å². The molecule has 1 aliphatic heterocycles. The highest BCUT2D eigenvalue weighted by molar-refractivity contribution is 14.0. The molecule has 0 bridgehead atoms. The number of guanidine groups is 1. The van der Waals surface area contributed by atoms with Crippen LogP contribution in [0.15, 0.2) is 33.2 Å². The Morgan fingerprint density at radius 1 is 1.23 bits per heavy atom. The Bertz CT molecular complexity index is 780. The van der Waals surface area contributed by atoms with Gasteiger partial charge in [-0.25, -0.2) is 9.98 Å². The number of furan rings is 1. The van der Waals surface area contributed by atoms with E-state index in [1.807, 2.05) is 12.1 Å². The smallest absolute Gasteiger partial charge is 0.434 e. The lowest BCUT2D eigenvalue weighted by molar-refractivity contribution is -0.140. The number of rotatable bonds is 9. The summed E-state index contributed by atoms with van der Waals surface area (Å²) in [5, 5.41) is 7.80. The van der Waals surface area contributed by atoms with Gasteiger partial charge in [-0.15, -0.1) is 35.3 Å². The summed E-state index contributed by atoms with van der Waals surface area (Å²) in [6.07, 6.45) is -1.21. The lowest BCUT2D eigenvalue weighted by Gasteiger charge is -2.26. The summed E-state index contributed by atoms with van der Waals surface area (Å²) in [6, 6.07) is 3.72. The molecule has 1 aliphatic rings. The minimum atomic E-state index is -4.43. The molecule has 12 heteroatoms. The van der Waals surface area contributed by atoms with Gasteiger partial charge < -0.3 is 19.8 Å². The number of halogens is 4. The van der Waals surface area contributed by atoms with Gasteiger partial charge in [0.1, 0.15) is 10.8 Å². The van der Waals surface area contributed by atoms with Gasteiger partial charge in [0.2, 0.25) is 0 Å². The molecule has 1 fully saturated rings. The third-order valence-corrected chi connectivity index (χ3v) is 5.34. The minimum absolute atomic E-state index is 0. The summed E-state index contributed by atoms with van der Waals surface area (Å²) in [7, 11) is 0. The number of aromatic nitrogens is 1. The summed E-state index contributed by atoms with van der Waals surface area (Å²) in [6.45, 7) is 5.74. The first-order valence-electron chi connectivity index (χ1n) is 9.87. The molecule has 2 N–H and O–H groups in total. The predicted octanol–water partition coefficient (Wildman–Crippen LogP) is 3.37. The maximum Gasteiger partial charge on any atom is 0.434 e. The van der Waals surface area contributed by atoms with Crippen molar-refractivity contribution in [1.82, 2.24) is 20.5 Å². The van der Waals surface area contributed by atoms with Gasteiger partial charge in [0.15, 0.2) is 11.7 Å². The van der Waals surface area contributed by atoms with Crippen LogP contribution in [0.3, 0.4) is 0 Å². The zero-order valence-corrected chi connectivity index (χ0v) is 20.1. The maximum absolute atomic E-state index is 12.7. The lowest BCUT2D eigenvalue weighted by Crippen LogP contribution is -2.41. The number of thiazole rings is 1. The number of hydrogen-bond acceptors (Lipinski definition) is 6. The van der Waals surface area contributed by atoms with Crippen molar-refractivity contribution in [1.29, 1.82) is 0 Å². The van der Waals surface area contributed by atoms with Crippen LogP contribution in [0.5, 0.6) is 0 Å². The zero-order valence-electron chi connectivity index (χ0n) is 17.0. The SMILES string of the molecule is FC(F)(F)c1csc(CN=C(NCCCN2CCOCC2)NCCc2ccco2)n1.I. The van der Waals surface area contributed by atoms with E-state index in [-0.39, 0.29) is 30.5 Å². The quantitative estimate of drug-likeness (QED) is 0.208. The van der Waals surface area contributed by atoms with Crippen molar-refractivity contribution in [3.63, 3.8) is 0 Å². The van der Waals surface area contributed by atoms with E-state index in [1.54, 1.807) is 6.26 Å². The first kappa shape index (κ1) is 25.9. The number of nitrogens with one attached hydrogen (secondary N) is 2. The van der Waals surface area contributed by atoms with Crippen LogP contribution in [0.2, 0.25) is 0 Å². The van der Waals surface area contributed by atoms with Gasteiger partial charge in [-0.3, -0.25) is 4.90 Å². The Morgan fingerprint density at radius 2 is 2.00 bits per heavy atom. The van der Waals surface area contributed by atoms with Crippen LogP contribution in [0, 0.1) is 0 Å². The van der Waals surface area contributed by atoms with Gasteiger partial charge in [-0.05, 0) is 25.1 Å². The van der Waals surface area contributed by atoms with Gasteiger partial charge in [0.25, 0.3) is 0 Å². The van der Waals surface area contributed by atoms with Crippen molar-refractivity contribution < 1.29 is 22.3 Å². The Balaban J connectivity index is 0.00000341. The molecule has 0 saturated carbocycles. The molecule has 0 spiro atoms. The number of morpholine rings is 1. The highest BCUT2D eigenvalue weighted by Gasteiger charge is 2.33. The first-order valence-corrected chi connectivity index (χ1v) is 10.7. The van der Waals surface area contributed by atoms with Crippen LogP contribution in [0.4, 0.5) is 13.2 Å². The van der Waals surface area contributed by atoms with E-state index in [2.05, 4.69) is 25.5 Å². The molecule has 0 radical (unpaired) electrons. The van der Waals surface area contributed by atoms with E-state index in [0.29, 0.717) is 30.5 Å². The highest BCUT2D eigenvalue weighted by Crippen LogP contribution is 2.30. The normalized spacial score (nSPS) is 15.5. The van der Waals surface area contributed by atoms with Gasteiger partial charge in [0.05, 0.1) is 26.0 Å². The highest BCUT2D eigenvalue weighted by atomic mass is 127. The topological polar surface area (TPSA) is 74.9 Å². The van der Waals surface area contributed by atoms with E-state index in [0.717, 1.165) is 61.7 Å². The first-order chi connectivity index (χ1) is 14.5. The van der Waals surface area contributed by atoms with Crippen molar-refractivity contribution in [3.05, 3.63) is 40.2 Å². The molecule has 3 rings (SSSR count). The molecule has 0 aliphatic carbocycles. The lowest BCUT2D eigenvalue weighted by atomic mass is 10.3. The molecule has 1 saturated heterocycles. The van der Waals surface area contributed by atoms with Crippen LogP contribution < -0.4 is 10.6 Å². The summed E-state index contributed by atoms with van der Waals surface area (Å²) < 4.78 is 48.8. The third kappa shape index (κ3) is 9.33. The molecule has 0 aromatic carbocycles. The fourth-order valence-electron chi connectivity index (χ4n) is 2.93. The summed E-state index contributed by atoms with van der Waals surface area (Å²) >= 11 is 0.960. The number of nitrogens with zero attached hydrogens (tertiary/aromatic N) is 3. The second-order valence-corrected chi connectivity index (χ2v) is 7.72. The van der Waals surface area contributed by atoms with Gasteiger partial charge in [-0.2, -0.15) is 13.2 Å². The molecule has 0 atom stereocenters. The molecule has 2 aromatic rings. The van der Waals surface area contributed by atoms with Crippen LogP contribution in [0.25, 0.3) is 0 Å². The fraction of sp³-hybridized carbons (Fsp3) is 0.579. The molecule has 0 unspecified atom stereocenters. The van der Waals surface area contributed by atoms with Crippen molar-refractivity contribution >= 4 is 41.3 Å². The fourth-order valence-corrected chi connectivity index (χ4v) is 3.65. The second kappa shape index (κ2) is 13.2. The van der Waals surface area contributed by atoms with Crippen molar-refractivity contribution in [3.8, 4) is 0 Å². The third-order valence-electron chi connectivity index (χ3n) is 4.51. The molecule has 31 heavy (non-hydrogen) atoms. The number of alkyl halides is 3. The summed E-state index contributed by atoms with van der Waals surface area (Å²) in [4.78, 5) is 10.4. The Hall–Kier alpha value is -1.38. The average Bonchev–Trinajstić information content (AvgIpc) is 3.41. The Labute approximate surface area is 200 Å². The molecule has 2 aromatic heterocycles. The van der Waals surface area contributed by atoms with E-state index >= 15 is 0 Å². The van der Waals surface area contributed by atoms with Gasteiger partial charge in [-0.1, -0.05) is 0 Å². The van der Waals surface area contributed by atoms with Crippen molar-refractivity contribution in [2.24, 2.45) is 4.99 Å². The minimum Gasteiger partial charge on any atom is -0.469 e. The predicted molar refractivity (Wildman–Crippen MR) is 124 cm³/mol. The molecular weight excluding hydrogens is 546 g/mol. The second-order valence-electron chi connectivity index (χ2n) is 6.78. The number of hydrogen-bond donors (Lipinski definition) is 2. The Kier molecular flexibility index (Phi) is 11.0. The monoisotopic (exact) mass is 573 g/mol. The van der Waals surface area contributed by atoms with Crippen LogP contribution in [0.1, 0.15) is 22.9 Å². The maximum atomic E-state index is 12.7. The van der Waals surface area contributed by atoms with Crippen LogP contribution in [-0.2, 0) is 23.9 Å². The van der Waals surface area contributed by atoms with Crippen LogP contribution in [-0.4, -0.2) is 61.8 Å². The average molecular weight is 573 g/mol. The van der Waals surface area contributed by atoms with Crippen molar-refractivity contribution in [2.45, 2.75) is 25.6 Å². The number of ether oxygens (including phenoxy) is 1. The molecule has 7 nitrogen and oxygen atoms in total. The molecule has 3 heterocycles. The van der Waals surface area contributed by atoms with E-state index < -0.39 is 11.9 Å². The Morgan fingerprint density at radius 3 is 2.68 bits per heavy atom. The van der Waals surface area contributed by atoms with Gasteiger partial charge in [0, 0.05) is 38.0 Å². The molecule has 174 valence electrons. The largest absolute Gasteiger partial charge is 0.469 e. The zero-order chi connectivity index (χ0) is 21.2. The molecular formula is C19H27F3IN5O2S. The van der Waals surface area contributed by atoms with E-state index in [1.165, 1.54) is 0 Å². The molecule has 0 amide bonds. The summed E-state index contributed by atoms with van der Waals surface area (Å²) in [5.74, 6) is 1.40.